The van der Waals surface area contributed by atoms with E-state index in [1.807, 2.05) is 12.1 Å². The Morgan fingerprint density at radius 3 is 2.78 bits per heavy atom. The first-order chi connectivity index (χ1) is 8.72. The van der Waals surface area contributed by atoms with Gasteiger partial charge in [0.2, 0.25) is 11.8 Å². The molecule has 0 radical (unpaired) electrons. The highest BCUT2D eigenvalue weighted by molar-refractivity contribution is 5.78. The van der Waals surface area contributed by atoms with Crippen LogP contribution in [0.2, 0.25) is 0 Å². The first kappa shape index (κ1) is 11.3. The lowest BCUT2D eigenvalue weighted by Crippen LogP contribution is -2.27. The third-order valence-corrected chi connectivity index (χ3v) is 3.49. The van der Waals surface area contributed by atoms with Crippen LogP contribution in [0.25, 0.3) is 0 Å². The lowest BCUT2D eigenvalue weighted by molar-refractivity contribution is -0.121. The summed E-state index contributed by atoms with van der Waals surface area (Å²) in [4.78, 5) is 17.6. The number of carbonyl (C=O) groups is 1. The second kappa shape index (κ2) is 4.48. The third kappa shape index (κ3) is 2.39. The molecule has 1 atom stereocenters. The number of hydrogen-bond donors (Lipinski definition) is 1. The van der Waals surface area contributed by atoms with Crippen molar-refractivity contribution in [1.82, 2.24) is 4.98 Å². The van der Waals surface area contributed by atoms with Crippen LogP contribution in [0, 0.1) is 5.92 Å². The van der Waals surface area contributed by atoms with Crippen molar-refractivity contribution in [3.63, 3.8) is 0 Å². The van der Waals surface area contributed by atoms with Crippen molar-refractivity contribution < 1.29 is 9.53 Å². The minimum atomic E-state index is -0.209. The van der Waals surface area contributed by atoms with Crippen molar-refractivity contribution in [2.24, 2.45) is 11.7 Å². The highest BCUT2D eigenvalue weighted by Crippen LogP contribution is 2.28. The molecule has 18 heavy (non-hydrogen) atoms. The van der Waals surface area contributed by atoms with E-state index in [1.54, 1.807) is 6.20 Å². The monoisotopic (exact) mass is 247 g/mol. The van der Waals surface area contributed by atoms with Crippen molar-refractivity contribution in [2.75, 3.05) is 18.0 Å². The molecule has 1 aliphatic heterocycles. The molecule has 2 N–H and O–H groups in total. The molecule has 1 saturated carbocycles. The highest BCUT2D eigenvalue weighted by Gasteiger charge is 2.27. The lowest BCUT2D eigenvalue weighted by Gasteiger charge is -2.17. The van der Waals surface area contributed by atoms with E-state index in [2.05, 4.69) is 9.88 Å². The molecule has 1 aromatic rings. The van der Waals surface area contributed by atoms with Crippen LogP contribution in [0.15, 0.2) is 18.3 Å². The van der Waals surface area contributed by atoms with Gasteiger partial charge in [0.1, 0.15) is 6.10 Å². The molecule has 1 saturated heterocycles. The number of anilines is 1. The zero-order valence-electron chi connectivity index (χ0n) is 10.2. The van der Waals surface area contributed by atoms with E-state index in [1.165, 1.54) is 0 Å². The van der Waals surface area contributed by atoms with Crippen LogP contribution in [0.1, 0.15) is 19.3 Å². The summed E-state index contributed by atoms with van der Waals surface area (Å²) in [5.74, 6) is 0.443. The number of amides is 1. The Morgan fingerprint density at radius 2 is 2.22 bits per heavy atom. The second-order valence-corrected chi connectivity index (χ2v) is 5.01. The molecule has 1 aromatic heterocycles. The summed E-state index contributed by atoms with van der Waals surface area (Å²) in [6.07, 6.45) is 5.27. The predicted molar refractivity (Wildman–Crippen MR) is 67.4 cm³/mol. The summed E-state index contributed by atoms with van der Waals surface area (Å²) in [7, 11) is 0. The number of hydrogen-bond acceptors (Lipinski definition) is 4. The number of rotatable bonds is 4. The maximum atomic E-state index is 11.1. The van der Waals surface area contributed by atoms with Crippen LogP contribution < -0.4 is 15.4 Å². The molecule has 2 heterocycles. The predicted octanol–water partition coefficient (Wildman–Crippen LogP) is 0.934. The molecule has 0 spiro atoms. The Morgan fingerprint density at radius 1 is 1.39 bits per heavy atom. The number of carbonyl (C=O) groups excluding carboxylic acids is 1. The van der Waals surface area contributed by atoms with Gasteiger partial charge in [-0.1, -0.05) is 0 Å². The smallest absolute Gasteiger partial charge is 0.222 e. The van der Waals surface area contributed by atoms with Crippen LogP contribution in [-0.2, 0) is 4.79 Å². The quantitative estimate of drug-likeness (QED) is 0.859. The maximum absolute atomic E-state index is 11.1. The summed E-state index contributed by atoms with van der Waals surface area (Å²) in [6, 6.07) is 3.89. The minimum absolute atomic E-state index is 0.0348. The average molecular weight is 247 g/mol. The average Bonchev–Trinajstić information content (AvgIpc) is 3.04. The molecule has 0 bridgehead atoms. The van der Waals surface area contributed by atoms with Crippen LogP contribution in [0.3, 0.4) is 0 Å². The molecular formula is C13H17N3O2. The van der Waals surface area contributed by atoms with E-state index in [9.17, 15) is 4.79 Å². The second-order valence-electron chi connectivity index (χ2n) is 5.01. The van der Waals surface area contributed by atoms with Crippen molar-refractivity contribution >= 4 is 11.6 Å². The zero-order valence-corrected chi connectivity index (χ0v) is 10.2. The number of nitrogens with zero attached hydrogens (tertiary/aromatic N) is 2. The van der Waals surface area contributed by atoms with Gasteiger partial charge in [0.15, 0.2) is 0 Å². The fourth-order valence-electron chi connectivity index (χ4n) is 2.21. The number of nitrogens with two attached hydrogens (primary N) is 1. The Bertz CT molecular complexity index is 442. The van der Waals surface area contributed by atoms with Crippen molar-refractivity contribution in [3.05, 3.63) is 18.3 Å². The molecule has 0 unspecified atom stereocenters. The largest absolute Gasteiger partial charge is 0.474 e. The van der Waals surface area contributed by atoms with E-state index in [4.69, 9.17) is 10.5 Å². The molecule has 3 rings (SSSR count). The van der Waals surface area contributed by atoms with Gasteiger partial charge in [-0.15, -0.1) is 0 Å². The van der Waals surface area contributed by atoms with Crippen molar-refractivity contribution in [2.45, 2.75) is 25.4 Å². The van der Waals surface area contributed by atoms with E-state index in [0.29, 0.717) is 18.5 Å². The summed E-state index contributed by atoms with van der Waals surface area (Å²) >= 11 is 0. The van der Waals surface area contributed by atoms with Gasteiger partial charge in [-0.25, -0.2) is 4.98 Å². The standard InChI is InChI=1S/C13H17N3O2/c14-13(17)9-5-6-16(8-9)10-1-4-12(15-7-10)18-11-2-3-11/h1,4,7,9,11H,2-3,5-6,8H2,(H2,14,17)/t9-/m1/s1. The van der Waals surface area contributed by atoms with Crippen LogP contribution >= 0.6 is 0 Å². The van der Waals surface area contributed by atoms with Crippen LogP contribution in [-0.4, -0.2) is 30.1 Å². The van der Waals surface area contributed by atoms with E-state index < -0.39 is 0 Å². The maximum Gasteiger partial charge on any atom is 0.222 e. The zero-order chi connectivity index (χ0) is 12.5. The highest BCUT2D eigenvalue weighted by atomic mass is 16.5. The van der Waals surface area contributed by atoms with Crippen molar-refractivity contribution in [1.29, 1.82) is 0 Å². The Labute approximate surface area is 106 Å². The van der Waals surface area contributed by atoms with Gasteiger partial charge >= 0.3 is 0 Å². The van der Waals surface area contributed by atoms with Gasteiger partial charge in [-0.05, 0) is 25.3 Å². The Balaban J connectivity index is 1.63. The Hall–Kier alpha value is -1.78. The number of ether oxygens (including phenoxy) is 1. The summed E-state index contributed by atoms with van der Waals surface area (Å²) < 4.78 is 5.60. The number of primary amides is 1. The van der Waals surface area contributed by atoms with Gasteiger partial charge in [-0.3, -0.25) is 4.79 Å². The Kier molecular flexibility index (Phi) is 2.81. The molecule has 5 nitrogen and oxygen atoms in total. The molecular weight excluding hydrogens is 230 g/mol. The SMILES string of the molecule is NC(=O)[C@@H]1CCN(c2ccc(OC3CC3)nc2)C1. The number of aromatic nitrogens is 1. The topological polar surface area (TPSA) is 68.5 Å². The van der Waals surface area contributed by atoms with Crippen molar-refractivity contribution in [3.8, 4) is 5.88 Å². The van der Waals surface area contributed by atoms with Gasteiger partial charge in [0.05, 0.1) is 17.8 Å². The van der Waals surface area contributed by atoms with Gasteiger partial charge in [-0.2, -0.15) is 0 Å². The van der Waals surface area contributed by atoms with Crippen LogP contribution in [0.5, 0.6) is 5.88 Å². The van der Waals surface area contributed by atoms with E-state index in [-0.39, 0.29) is 11.8 Å². The molecule has 1 aliphatic carbocycles. The summed E-state index contributed by atoms with van der Waals surface area (Å²) in [5.41, 5.74) is 6.35. The fraction of sp³-hybridized carbons (Fsp3) is 0.538. The molecule has 0 aromatic carbocycles. The molecule has 1 amide bonds. The van der Waals surface area contributed by atoms with E-state index in [0.717, 1.165) is 31.5 Å². The number of pyridine rings is 1. The van der Waals surface area contributed by atoms with E-state index >= 15 is 0 Å². The third-order valence-electron chi connectivity index (χ3n) is 3.49. The molecule has 96 valence electrons. The van der Waals surface area contributed by atoms with Gasteiger partial charge in [0, 0.05) is 19.2 Å². The van der Waals surface area contributed by atoms with Crippen LogP contribution in [0.4, 0.5) is 5.69 Å². The van der Waals surface area contributed by atoms with Gasteiger partial charge in [0.25, 0.3) is 0 Å². The van der Waals surface area contributed by atoms with Gasteiger partial charge < -0.3 is 15.4 Å². The molecule has 5 heteroatoms. The molecule has 2 fully saturated rings. The minimum Gasteiger partial charge on any atom is -0.474 e. The normalized spacial score (nSPS) is 23.1. The summed E-state index contributed by atoms with van der Waals surface area (Å²) in [6.45, 7) is 1.55. The fourth-order valence-corrected chi connectivity index (χ4v) is 2.21. The molecule has 2 aliphatic rings. The first-order valence-electron chi connectivity index (χ1n) is 6.39. The lowest BCUT2D eigenvalue weighted by atomic mass is 10.1. The summed E-state index contributed by atoms with van der Waals surface area (Å²) in [5, 5.41) is 0. The first-order valence-corrected chi connectivity index (χ1v) is 6.39.